The van der Waals surface area contributed by atoms with E-state index in [1.54, 1.807) is 0 Å². The van der Waals surface area contributed by atoms with Gasteiger partial charge in [0.25, 0.3) is 5.56 Å². The molecule has 6 rings (SSSR count). The molecule has 0 saturated carbocycles. The van der Waals surface area contributed by atoms with Crippen molar-refractivity contribution in [3.8, 4) is 0 Å². The predicted octanol–water partition coefficient (Wildman–Crippen LogP) is 5.48. The zero-order valence-corrected chi connectivity index (χ0v) is 19.5. The van der Waals surface area contributed by atoms with Crippen molar-refractivity contribution in [3.05, 3.63) is 144 Å². The highest BCUT2D eigenvalue weighted by Crippen LogP contribution is 2.40. The minimum absolute atomic E-state index is 0.0344. The summed E-state index contributed by atoms with van der Waals surface area (Å²) in [6, 6.07) is 30.7. The highest BCUT2D eigenvalue weighted by molar-refractivity contribution is 7.07. The van der Waals surface area contributed by atoms with Crippen molar-refractivity contribution in [1.29, 1.82) is 0 Å². The summed E-state index contributed by atoms with van der Waals surface area (Å²) in [6.45, 7) is 0. The van der Waals surface area contributed by atoms with Gasteiger partial charge < -0.3 is 0 Å². The van der Waals surface area contributed by atoms with E-state index in [-0.39, 0.29) is 11.6 Å². The van der Waals surface area contributed by atoms with Crippen LogP contribution in [0, 0.1) is 0 Å². The number of hydrogen-bond donors (Lipinski definition) is 0. The molecule has 4 heteroatoms. The lowest BCUT2D eigenvalue weighted by atomic mass is 9.84. The number of hydrogen-bond acceptors (Lipinski definition) is 3. The van der Waals surface area contributed by atoms with Crippen molar-refractivity contribution in [1.82, 2.24) is 4.57 Å². The summed E-state index contributed by atoms with van der Waals surface area (Å²) in [7, 11) is 0. The molecule has 0 fully saturated rings. The van der Waals surface area contributed by atoms with Crippen molar-refractivity contribution in [2.24, 2.45) is 4.99 Å². The van der Waals surface area contributed by atoms with Crippen LogP contribution in [0.3, 0.4) is 0 Å². The van der Waals surface area contributed by atoms with Crippen LogP contribution in [0.1, 0.15) is 42.0 Å². The Morgan fingerprint density at radius 1 is 0.794 bits per heavy atom. The molecule has 0 unspecified atom stereocenters. The summed E-state index contributed by atoms with van der Waals surface area (Å²) in [6.07, 6.45) is 7.25. The first-order chi connectivity index (χ1) is 16.8. The number of allylic oxidation sites excluding steroid dienone is 2. The first-order valence-electron chi connectivity index (χ1n) is 11.7. The topological polar surface area (TPSA) is 34.4 Å². The standard InChI is InChI=1S/C30H24N2OS/c33-29-26(20-22-13-6-2-7-14-22)34-30-31-27-24(19-21-11-4-1-5-12-21)17-10-18-25(27)28(32(29)30)23-15-8-3-9-16-23/h1-9,11-16,19-20,28H,10,17-18H2/b24-19+,26-20+/t28-/m0/s1. The summed E-state index contributed by atoms with van der Waals surface area (Å²) in [5.41, 5.74) is 6.96. The van der Waals surface area contributed by atoms with Crippen molar-refractivity contribution in [2.75, 3.05) is 0 Å². The van der Waals surface area contributed by atoms with Crippen LogP contribution in [-0.4, -0.2) is 4.57 Å². The molecule has 0 radical (unpaired) electrons. The Bertz CT molecular complexity index is 1580. The average molecular weight is 461 g/mol. The van der Waals surface area contributed by atoms with Gasteiger partial charge in [0.05, 0.1) is 16.3 Å². The van der Waals surface area contributed by atoms with Crippen LogP contribution in [0.5, 0.6) is 0 Å². The molecule has 1 aromatic heterocycles. The lowest BCUT2D eigenvalue weighted by Gasteiger charge is -2.31. The zero-order chi connectivity index (χ0) is 22.9. The van der Waals surface area contributed by atoms with Gasteiger partial charge in [0.1, 0.15) is 0 Å². The summed E-state index contributed by atoms with van der Waals surface area (Å²) >= 11 is 1.49. The molecule has 0 saturated heterocycles. The van der Waals surface area contributed by atoms with Gasteiger partial charge >= 0.3 is 0 Å². The van der Waals surface area contributed by atoms with E-state index in [2.05, 4.69) is 54.6 Å². The largest absolute Gasteiger partial charge is 0.272 e. The summed E-state index contributed by atoms with van der Waals surface area (Å²) < 4.78 is 2.64. The molecule has 3 nitrogen and oxygen atoms in total. The Morgan fingerprint density at radius 2 is 1.41 bits per heavy atom. The second-order valence-electron chi connectivity index (χ2n) is 8.71. The van der Waals surface area contributed by atoms with Crippen LogP contribution in [0.2, 0.25) is 0 Å². The Morgan fingerprint density at radius 3 is 2.09 bits per heavy atom. The first-order valence-corrected chi connectivity index (χ1v) is 12.5. The van der Waals surface area contributed by atoms with Crippen molar-refractivity contribution >= 4 is 23.5 Å². The first kappa shape index (κ1) is 20.8. The van der Waals surface area contributed by atoms with Gasteiger partial charge in [-0.2, -0.15) is 0 Å². The fourth-order valence-electron chi connectivity index (χ4n) is 4.94. The molecule has 1 aliphatic carbocycles. The summed E-state index contributed by atoms with van der Waals surface area (Å²) in [4.78, 5) is 19.6. The average Bonchev–Trinajstić information content (AvgIpc) is 3.19. The van der Waals surface area contributed by atoms with Crippen molar-refractivity contribution in [2.45, 2.75) is 25.3 Å². The van der Waals surface area contributed by atoms with E-state index in [0.29, 0.717) is 0 Å². The van der Waals surface area contributed by atoms with E-state index < -0.39 is 0 Å². The van der Waals surface area contributed by atoms with Crippen LogP contribution in [0.25, 0.3) is 12.2 Å². The fraction of sp³-hybridized carbons (Fsp3) is 0.133. The number of fused-ring (bicyclic) bond motifs is 1. The molecule has 1 atom stereocenters. The molecule has 0 spiro atoms. The fourth-order valence-corrected chi connectivity index (χ4v) is 5.94. The minimum atomic E-state index is -0.121. The van der Waals surface area contributed by atoms with Crippen LogP contribution in [0.15, 0.2) is 118 Å². The van der Waals surface area contributed by atoms with Gasteiger partial charge in [0.15, 0.2) is 4.80 Å². The Hall–Kier alpha value is -3.76. The molecule has 166 valence electrons. The Kier molecular flexibility index (Phi) is 5.44. The van der Waals surface area contributed by atoms with E-state index in [0.717, 1.165) is 45.4 Å². The molecule has 3 aromatic carbocycles. The second-order valence-corrected chi connectivity index (χ2v) is 9.72. The normalized spacial score (nSPS) is 19.0. The number of benzene rings is 3. The van der Waals surface area contributed by atoms with E-state index in [9.17, 15) is 4.79 Å². The van der Waals surface area contributed by atoms with Gasteiger partial charge in [-0.3, -0.25) is 9.36 Å². The lowest BCUT2D eigenvalue weighted by molar-refractivity contribution is 0.553. The zero-order valence-electron chi connectivity index (χ0n) is 18.7. The van der Waals surface area contributed by atoms with Gasteiger partial charge in [-0.05, 0) is 59.3 Å². The SMILES string of the molecule is O=c1/c(=C\c2ccccc2)sc2n1[C@@H](c1ccccc1)C1=C(N=2)/C(=C/c2ccccc2)CCC1. The summed E-state index contributed by atoms with van der Waals surface area (Å²) in [5.74, 6) is 0. The number of rotatable bonds is 3. The van der Waals surface area contributed by atoms with Crippen molar-refractivity contribution < 1.29 is 0 Å². The van der Waals surface area contributed by atoms with E-state index >= 15 is 0 Å². The van der Waals surface area contributed by atoms with E-state index in [1.807, 2.05) is 53.1 Å². The van der Waals surface area contributed by atoms with E-state index in [1.165, 1.54) is 28.0 Å². The Balaban J connectivity index is 1.59. The number of nitrogens with zero attached hydrogens (tertiary/aromatic N) is 2. The monoisotopic (exact) mass is 460 g/mol. The second kappa shape index (κ2) is 8.88. The van der Waals surface area contributed by atoms with Gasteiger partial charge in [0, 0.05) is 0 Å². The minimum Gasteiger partial charge on any atom is -0.272 e. The highest BCUT2D eigenvalue weighted by atomic mass is 32.1. The number of thiazole rings is 1. The van der Waals surface area contributed by atoms with E-state index in [4.69, 9.17) is 4.99 Å². The predicted molar refractivity (Wildman–Crippen MR) is 139 cm³/mol. The van der Waals surface area contributed by atoms with Crippen LogP contribution < -0.4 is 14.9 Å². The molecule has 1 aliphatic heterocycles. The van der Waals surface area contributed by atoms with Crippen LogP contribution in [0.4, 0.5) is 0 Å². The molecule has 2 heterocycles. The maximum Gasteiger partial charge on any atom is 0.271 e. The number of aromatic nitrogens is 1. The summed E-state index contributed by atoms with van der Waals surface area (Å²) in [5, 5.41) is 0. The highest BCUT2D eigenvalue weighted by Gasteiger charge is 2.32. The van der Waals surface area contributed by atoms with Gasteiger partial charge in [-0.25, -0.2) is 4.99 Å². The smallest absolute Gasteiger partial charge is 0.271 e. The molecule has 34 heavy (non-hydrogen) atoms. The van der Waals surface area contributed by atoms with Crippen LogP contribution >= 0.6 is 11.3 Å². The molecule has 0 N–H and O–H groups in total. The third-order valence-electron chi connectivity index (χ3n) is 6.49. The van der Waals surface area contributed by atoms with Gasteiger partial charge in [-0.15, -0.1) is 0 Å². The molecule has 2 aliphatic rings. The lowest BCUT2D eigenvalue weighted by Crippen LogP contribution is -2.39. The van der Waals surface area contributed by atoms with Crippen molar-refractivity contribution in [3.63, 3.8) is 0 Å². The van der Waals surface area contributed by atoms with Crippen LogP contribution in [-0.2, 0) is 0 Å². The Labute approximate surface area is 202 Å². The molecule has 4 aromatic rings. The molecular weight excluding hydrogens is 436 g/mol. The third kappa shape index (κ3) is 3.80. The third-order valence-corrected chi connectivity index (χ3v) is 7.47. The maximum atomic E-state index is 13.7. The molecule has 0 amide bonds. The quantitative estimate of drug-likeness (QED) is 0.398. The van der Waals surface area contributed by atoms with Gasteiger partial charge in [-0.1, -0.05) is 102 Å². The molecule has 0 bridgehead atoms. The van der Waals surface area contributed by atoms with Gasteiger partial charge in [0.2, 0.25) is 0 Å². The molecular formula is C30H24N2OS. The maximum absolute atomic E-state index is 13.7.